The first-order chi connectivity index (χ1) is 11.1. The maximum atomic E-state index is 12.1. The third-order valence-electron chi connectivity index (χ3n) is 3.23. The monoisotopic (exact) mass is 312 g/mol. The van der Waals surface area contributed by atoms with Gasteiger partial charge in [-0.05, 0) is 42.8 Å². The van der Waals surface area contributed by atoms with Crippen molar-refractivity contribution in [3.63, 3.8) is 0 Å². The van der Waals surface area contributed by atoms with E-state index in [1.54, 1.807) is 31.5 Å². The highest BCUT2D eigenvalue weighted by atomic mass is 16.4. The molecule has 0 amide bonds. The third-order valence-corrected chi connectivity index (χ3v) is 3.23. The van der Waals surface area contributed by atoms with Crippen molar-refractivity contribution >= 4 is 16.7 Å². The molecule has 120 valence electrons. The predicted molar refractivity (Wildman–Crippen MR) is 92.8 cm³/mol. The van der Waals surface area contributed by atoms with Crippen LogP contribution < -0.4 is 10.5 Å². The van der Waals surface area contributed by atoms with Crippen LogP contribution in [-0.4, -0.2) is 30.8 Å². The van der Waals surface area contributed by atoms with E-state index in [2.05, 4.69) is 4.98 Å². The van der Waals surface area contributed by atoms with Crippen LogP contribution in [0.4, 0.5) is 5.69 Å². The van der Waals surface area contributed by atoms with Gasteiger partial charge in [-0.3, -0.25) is 4.98 Å². The number of nitrogens with zero attached hydrogens (tertiary/aromatic N) is 2. The number of rotatable bonds is 2. The number of aliphatic hydroxyl groups is 1. The maximum Gasteiger partial charge on any atom is 0.344 e. The summed E-state index contributed by atoms with van der Waals surface area (Å²) in [6.45, 7) is 1.93. The minimum atomic E-state index is -0.334. The lowest BCUT2D eigenvalue weighted by Crippen LogP contribution is -2.08. The Morgan fingerprint density at radius 2 is 1.78 bits per heavy atom. The van der Waals surface area contributed by atoms with Crippen LogP contribution in [0.2, 0.25) is 0 Å². The van der Waals surface area contributed by atoms with E-state index in [4.69, 9.17) is 9.52 Å². The van der Waals surface area contributed by atoms with E-state index in [-0.39, 0.29) is 12.2 Å². The van der Waals surface area contributed by atoms with E-state index in [0.717, 1.165) is 16.6 Å². The molecule has 0 saturated heterocycles. The van der Waals surface area contributed by atoms with Crippen LogP contribution in [0.25, 0.3) is 22.1 Å². The van der Waals surface area contributed by atoms with Gasteiger partial charge in [0.25, 0.3) is 0 Å². The summed E-state index contributed by atoms with van der Waals surface area (Å²) in [5.74, 6) is 0. The molecule has 3 rings (SSSR count). The number of fused-ring (bicyclic) bond motifs is 1. The summed E-state index contributed by atoms with van der Waals surface area (Å²) >= 11 is 0. The van der Waals surface area contributed by atoms with E-state index in [0.29, 0.717) is 11.1 Å². The van der Waals surface area contributed by atoms with E-state index in [1.165, 1.54) is 0 Å². The van der Waals surface area contributed by atoms with Gasteiger partial charge in [-0.1, -0.05) is 0 Å². The largest absolute Gasteiger partial charge is 0.422 e. The van der Waals surface area contributed by atoms with Crippen molar-refractivity contribution in [1.29, 1.82) is 0 Å². The van der Waals surface area contributed by atoms with Crippen LogP contribution in [0.3, 0.4) is 0 Å². The third kappa shape index (κ3) is 3.96. The smallest absolute Gasteiger partial charge is 0.344 e. The van der Waals surface area contributed by atoms with Crippen LogP contribution in [0.1, 0.15) is 6.92 Å². The second-order valence-electron chi connectivity index (χ2n) is 5.12. The summed E-state index contributed by atoms with van der Waals surface area (Å²) in [6.07, 6.45) is 3.32. The Balaban J connectivity index is 0.000000595. The molecule has 0 spiro atoms. The van der Waals surface area contributed by atoms with Gasteiger partial charge in [0.2, 0.25) is 0 Å². The molecule has 0 atom stereocenters. The molecule has 23 heavy (non-hydrogen) atoms. The molecule has 0 aliphatic heterocycles. The molecule has 0 fully saturated rings. The minimum Gasteiger partial charge on any atom is -0.422 e. The summed E-state index contributed by atoms with van der Waals surface area (Å²) in [7, 11) is 3.90. The summed E-state index contributed by atoms with van der Waals surface area (Å²) in [4.78, 5) is 18.0. The number of anilines is 1. The molecular weight excluding hydrogens is 292 g/mol. The summed E-state index contributed by atoms with van der Waals surface area (Å²) in [5.41, 5.74) is 2.63. The maximum absolute atomic E-state index is 12.1. The fraction of sp³-hybridized carbons (Fsp3) is 0.222. The Labute approximate surface area is 134 Å². The summed E-state index contributed by atoms with van der Waals surface area (Å²) in [5, 5.41) is 8.47. The lowest BCUT2D eigenvalue weighted by atomic mass is 10.1. The number of benzene rings is 1. The number of pyridine rings is 1. The molecule has 1 aromatic carbocycles. The zero-order chi connectivity index (χ0) is 16.8. The van der Waals surface area contributed by atoms with Gasteiger partial charge in [-0.2, -0.15) is 0 Å². The lowest BCUT2D eigenvalue weighted by Gasteiger charge is -2.12. The van der Waals surface area contributed by atoms with E-state index in [1.807, 2.05) is 43.3 Å². The molecule has 1 N–H and O–H groups in total. The Kier molecular flexibility index (Phi) is 5.49. The fourth-order valence-corrected chi connectivity index (χ4v) is 2.11. The molecular formula is C18H20N2O3. The molecule has 0 aliphatic rings. The molecule has 2 aromatic heterocycles. The van der Waals surface area contributed by atoms with E-state index >= 15 is 0 Å². The molecule has 5 nitrogen and oxygen atoms in total. The summed E-state index contributed by atoms with van der Waals surface area (Å²) in [6, 6.07) is 11.3. The van der Waals surface area contributed by atoms with Gasteiger partial charge in [0.15, 0.2) is 0 Å². The Morgan fingerprint density at radius 3 is 2.39 bits per heavy atom. The second-order valence-corrected chi connectivity index (χ2v) is 5.12. The van der Waals surface area contributed by atoms with Crippen molar-refractivity contribution in [2.75, 3.05) is 25.6 Å². The zero-order valence-electron chi connectivity index (χ0n) is 13.5. The molecule has 0 aliphatic carbocycles. The SMILES string of the molecule is CCO.CN(C)c1ccc2cc(-c3ccncc3)c(=O)oc2c1. The molecule has 0 radical (unpaired) electrons. The fourth-order valence-electron chi connectivity index (χ4n) is 2.11. The minimum absolute atomic E-state index is 0.250. The molecule has 0 unspecified atom stereocenters. The molecule has 5 heteroatoms. The van der Waals surface area contributed by atoms with Crippen molar-refractivity contribution in [3.8, 4) is 11.1 Å². The van der Waals surface area contributed by atoms with E-state index in [9.17, 15) is 4.79 Å². The van der Waals surface area contributed by atoms with Crippen molar-refractivity contribution in [3.05, 3.63) is 59.2 Å². The highest BCUT2D eigenvalue weighted by Gasteiger charge is 2.08. The average molecular weight is 312 g/mol. The van der Waals surface area contributed by atoms with Gasteiger partial charge in [0, 0.05) is 50.2 Å². The Bertz CT molecular complexity index is 827. The van der Waals surface area contributed by atoms with E-state index < -0.39 is 0 Å². The number of hydrogen-bond donors (Lipinski definition) is 1. The van der Waals surface area contributed by atoms with Gasteiger partial charge < -0.3 is 14.4 Å². The van der Waals surface area contributed by atoms with Gasteiger partial charge in [0.05, 0.1) is 5.56 Å². The van der Waals surface area contributed by atoms with Crippen molar-refractivity contribution in [1.82, 2.24) is 4.98 Å². The Morgan fingerprint density at radius 1 is 1.13 bits per heavy atom. The van der Waals surface area contributed by atoms with Crippen molar-refractivity contribution in [2.24, 2.45) is 0 Å². The van der Waals surface area contributed by atoms with Crippen LogP contribution in [0.5, 0.6) is 0 Å². The first-order valence-electron chi connectivity index (χ1n) is 7.33. The normalized spacial score (nSPS) is 10.1. The van der Waals surface area contributed by atoms with Gasteiger partial charge >= 0.3 is 5.63 Å². The van der Waals surface area contributed by atoms with Crippen molar-refractivity contribution < 1.29 is 9.52 Å². The highest BCUT2D eigenvalue weighted by Crippen LogP contribution is 2.23. The molecule has 0 bridgehead atoms. The Hall–Kier alpha value is -2.66. The zero-order valence-corrected chi connectivity index (χ0v) is 13.5. The van der Waals surface area contributed by atoms with Gasteiger partial charge in [-0.25, -0.2) is 4.79 Å². The first-order valence-corrected chi connectivity index (χ1v) is 7.33. The highest BCUT2D eigenvalue weighted by molar-refractivity contribution is 5.84. The second kappa shape index (κ2) is 7.56. The average Bonchev–Trinajstić information content (AvgIpc) is 2.55. The summed E-state index contributed by atoms with van der Waals surface area (Å²) < 4.78 is 5.44. The molecule has 0 saturated carbocycles. The standard InChI is InChI=1S/C16H14N2O2.C2H6O/c1-18(2)13-4-3-12-9-14(11-5-7-17-8-6-11)16(19)20-15(12)10-13;1-2-3/h3-10H,1-2H3;3H,2H2,1H3. The first kappa shape index (κ1) is 16.7. The van der Waals surface area contributed by atoms with Crippen molar-refractivity contribution in [2.45, 2.75) is 6.92 Å². The van der Waals surface area contributed by atoms with Gasteiger partial charge in [0.1, 0.15) is 5.58 Å². The van der Waals surface area contributed by atoms with Crippen LogP contribution in [0, 0.1) is 0 Å². The molecule has 2 heterocycles. The molecule has 3 aromatic rings. The topological polar surface area (TPSA) is 66.6 Å². The van der Waals surface area contributed by atoms with Crippen LogP contribution in [-0.2, 0) is 0 Å². The predicted octanol–water partition coefficient (Wildman–Crippen LogP) is 2.92. The number of hydrogen-bond acceptors (Lipinski definition) is 5. The quantitative estimate of drug-likeness (QED) is 0.737. The number of aromatic nitrogens is 1. The van der Waals surface area contributed by atoms with Crippen LogP contribution in [0.15, 0.2) is 58.0 Å². The van der Waals surface area contributed by atoms with Gasteiger partial charge in [-0.15, -0.1) is 0 Å². The lowest BCUT2D eigenvalue weighted by molar-refractivity contribution is 0.318. The van der Waals surface area contributed by atoms with Crippen LogP contribution >= 0.6 is 0 Å². The number of aliphatic hydroxyl groups excluding tert-OH is 1.